The number of hydrogen-bond donors (Lipinski definition) is 2. The van der Waals surface area contributed by atoms with Gasteiger partial charge in [-0.3, -0.25) is 9.48 Å². The van der Waals surface area contributed by atoms with Gasteiger partial charge in [-0.2, -0.15) is 10.2 Å². The fourth-order valence-corrected chi connectivity index (χ4v) is 2.80. The number of benzene rings is 1. The standard InChI is InChI=1S/C19H21N5O3/c1-12(2)17-10-16(21-23(17)3)18(25)20-11-13-5-4-6-14(9-13)24-8-7-15(22-24)19(26)27/h4-10,12H,11H2,1-3H3,(H,20,25)(H,26,27). The van der Waals surface area contributed by atoms with E-state index in [2.05, 4.69) is 29.4 Å². The maximum atomic E-state index is 12.4. The summed E-state index contributed by atoms with van der Waals surface area (Å²) in [4.78, 5) is 23.3. The second kappa shape index (κ2) is 7.45. The van der Waals surface area contributed by atoms with Crippen molar-refractivity contribution in [3.63, 3.8) is 0 Å². The number of rotatable bonds is 6. The zero-order valence-electron chi connectivity index (χ0n) is 15.4. The van der Waals surface area contributed by atoms with Crippen LogP contribution in [-0.4, -0.2) is 36.5 Å². The molecule has 0 unspecified atom stereocenters. The second-order valence-corrected chi connectivity index (χ2v) is 6.54. The van der Waals surface area contributed by atoms with Gasteiger partial charge in [0.1, 0.15) is 5.69 Å². The van der Waals surface area contributed by atoms with Gasteiger partial charge in [0.2, 0.25) is 0 Å². The number of aryl methyl sites for hydroxylation is 1. The molecule has 8 heteroatoms. The zero-order valence-corrected chi connectivity index (χ0v) is 15.4. The number of nitrogens with one attached hydrogen (secondary N) is 1. The Morgan fingerprint density at radius 1 is 1.15 bits per heavy atom. The van der Waals surface area contributed by atoms with Crippen LogP contribution in [0.2, 0.25) is 0 Å². The van der Waals surface area contributed by atoms with Gasteiger partial charge >= 0.3 is 5.97 Å². The molecule has 0 radical (unpaired) electrons. The molecule has 0 atom stereocenters. The first-order valence-corrected chi connectivity index (χ1v) is 8.55. The van der Waals surface area contributed by atoms with Crippen LogP contribution in [0.15, 0.2) is 42.6 Å². The molecule has 1 amide bonds. The number of aromatic carboxylic acids is 1. The SMILES string of the molecule is CC(C)c1cc(C(=O)NCc2cccc(-n3ccc(C(=O)O)n3)c2)nn1C. The van der Waals surface area contributed by atoms with Gasteiger partial charge < -0.3 is 10.4 Å². The average molecular weight is 367 g/mol. The lowest BCUT2D eigenvalue weighted by Gasteiger charge is -2.06. The molecule has 3 rings (SSSR count). The van der Waals surface area contributed by atoms with Crippen LogP contribution >= 0.6 is 0 Å². The summed E-state index contributed by atoms with van der Waals surface area (Å²) in [7, 11) is 1.82. The average Bonchev–Trinajstić information content (AvgIpc) is 3.27. The molecule has 3 aromatic rings. The van der Waals surface area contributed by atoms with Crippen molar-refractivity contribution in [1.82, 2.24) is 24.9 Å². The van der Waals surface area contributed by atoms with Crippen LogP contribution in [-0.2, 0) is 13.6 Å². The summed E-state index contributed by atoms with van der Waals surface area (Å²) in [5.74, 6) is -1.03. The third kappa shape index (κ3) is 4.05. The Morgan fingerprint density at radius 2 is 1.93 bits per heavy atom. The maximum absolute atomic E-state index is 12.4. The van der Waals surface area contributed by atoms with Gasteiger partial charge in [0.05, 0.1) is 5.69 Å². The minimum absolute atomic E-state index is 0.0233. The predicted octanol–water partition coefficient (Wildman–Crippen LogP) is 2.36. The summed E-state index contributed by atoms with van der Waals surface area (Å²) in [5.41, 5.74) is 2.94. The summed E-state index contributed by atoms with van der Waals surface area (Å²) in [5, 5.41) is 20.1. The van der Waals surface area contributed by atoms with Crippen molar-refractivity contribution in [2.24, 2.45) is 7.05 Å². The fraction of sp³-hybridized carbons (Fsp3) is 0.263. The van der Waals surface area contributed by atoms with Crippen LogP contribution in [0.25, 0.3) is 5.69 Å². The van der Waals surface area contributed by atoms with Gasteiger partial charge in [-0.25, -0.2) is 9.48 Å². The van der Waals surface area contributed by atoms with E-state index in [1.165, 1.54) is 10.7 Å². The van der Waals surface area contributed by atoms with E-state index in [4.69, 9.17) is 5.11 Å². The molecule has 0 spiro atoms. The summed E-state index contributed by atoms with van der Waals surface area (Å²) in [6.45, 7) is 4.43. The molecule has 2 heterocycles. The number of amides is 1. The first-order chi connectivity index (χ1) is 12.8. The Balaban J connectivity index is 1.70. The highest BCUT2D eigenvalue weighted by Gasteiger charge is 2.14. The smallest absolute Gasteiger partial charge is 0.356 e. The minimum Gasteiger partial charge on any atom is -0.476 e. The third-order valence-electron chi connectivity index (χ3n) is 4.18. The van der Waals surface area contributed by atoms with Crippen molar-refractivity contribution >= 4 is 11.9 Å². The third-order valence-corrected chi connectivity index (χ3v) is 4.18. The molecule has 0 fully saturated rings. The molecule has 0 saturated carbocycles. The Hall–Kier alpha value is -3.42. The Morgan fingerprint density at radius 3 is 2.56 bits per heavy atom. The first kappa shape index (κ1) is 18.4. The van der Waals surface area contributed by atoms with E-state index in [-0.39, 0.29) is 17.5 Å². The number of carbonyl (C=O) groups is 2. The normalized spacial score (nSPS) is 11.0. The molecule has 1 aromatic carbocycles. The van der Waals surface area contributed by atoms with E-state index in [0.717, 1.165) is 11.3 Å². The van der Waals surface area contributed by atoms with Crippen molar-refractivity contribution in [2.45, 2.75) is 26.3 Å². The zero-order chi connectivity index (χ0) is 19.6. The van der Waals surface area contributed by atoms with Crippen LogP contribution in [0.4, 0.5) is 0 Å². The van der Waals surface area contributed by atoms with Crippen molar-refractivity contribution in [2.75, 3.05) is 0 Å². The highest BCUT2D eigenvalue weighted by Crippen LogP contribution is 2.15. The second-order valence-electron chi connectivity index (χ2n) is 6.54. The van der Waals surface area contributed by atoms with Gasteiger partial charge in [-0.05, 0) is 35.7 Å². The predicted molar refractivity (Wildman–Crippen MR) is 99.0 cm³/mol. The number of aromatic nitrogens is 4. The molecule has 0 saturated heterocycles. The molecule has 140 valence electrons. The lowest BCUT2D eigenvalue weighted by atomic mass is 10.1. The van der Waals surface area contributed by atoms with Crippen LogP contribution < -0.4 is 5.32 Å². The molecule has 2 aromatic heterocycles. The van der Waals surface area contributed by atoms with E-state index in [1.807, 2.05) is 31.3 Å². The monoisotopic (exact) mass is 367 g/mol. The Bertz CT molecular complexity index is 987. The Labute approximate surface area is 156 Å². The van der Waals surface area contributed by atoms with Crippen molar-refractivity contribution in [1.29, 1.82) is 0 Å². The van der Waals surface area contributed by atoms with E-state index < -0.39 is 5.97 Å². The number of hydrogen-bond acceptors (Lipinski definition) is 4. The maximum Gasteiger partial charge on any atom is 0.356 e. The molecule has 0 aliphatic carbocycles. The molecule has 0 aliphatic rings. The summed E-state index contributed by atoms with van der Waals surface area (Å²) in [6, 6.07) is 10.6. The van der Waals surface area contributed by atoms with Crippen molar-refractivity contribution in [3.8, 4) is 5.69 Å². The number of carboxylic acid groups (broad SMARTS) is 1. The van der Waals surface area contributed by atoms with Crippen LogP contribution in [0.5, 0.6) is 0 Å². The van der Waals surface area contributed by atoms with Crippen molar-refractivity contribution in [3.05, 3.63) is 65.2 Å². The quantitative estimate of drug-likeness (QED) is 0.696. The van der Waals surface area contributed by atoms with Gasteiger partial charge in [0, 0.05) is 25.5 Å². The largest absolute Gasteiger partial charge is 0.476 e. The van der Waals surface area contributed by atoms with E-state index in [0.29, 0.717) is 17.9 Å². The molecular weight excluding hydrogens is 346 g/mol. The lowest BCUT2D eigenvalue weighted by molar-refractivity contribution is 0.0689. The van der Waals surface area contributed by atoms with Crippen LogP contribution in [0, 0.1) is 0 Å². The Kier molecular flexibility index (Phi) is 5.07. The summed E-state index contributed by atoms with van der Waals surface area (Å²) >= 11 is 0. The fourth-order valence-electron chi connectivity index (χ4n) is 2.80. The summed E-state index contributed by atoms with van der Waals surface area (Å²) < 4.78 is 3.21. The van der Waals surface area contributed by atoms with E-state index >= 15 is 0 Å². The molecule has 2 N–H and O–H groups in total. The van der Waals surface area contributed by atoms with Gasteiger partial charge in [0.25, 0.3) is 5.91 Å². The topological polar surface area (TPSA) is 102 Å². The molecule has 0 aliphatic heterocycles. The van der Waals surface area contributed by atoms with Crippen LogP contribution in [0.1, 0.15) is 52.0 Å². The van der Waals surface area contributed by atoms with Gasteiger partial charge in [0.15, 0.2) is 5.69 Å². The summed E-state index contributed by atoms with van der Waals surface area (Å²) in [6.07, 6.45) is 1.59. The number of nitrogens with zero attached hydrogens (tertiary/aromatic N) is 4. The van der Waals surface area contributed by atoms with Crippen LogP contribution in [0.3, 0.4) is 0 Å². The first-order valence-electron chi connectivity index (χ1n) is 8.55. The lowest BCUT2D eigenvalue weighted by Crippen LogP contribution is -2.23. The minimum atomic E-state index is -1.08. The molecule has 8 nitrogen and oxygen atoms in total. The van der Waals surface area contributed by atoms with E-state index in [9.17, 15) is 9.59 Å². The number of carboxylic acids is 1. The molecular formula is C19H21N5O3. The highest BCUT2D eigenvalue weighted by atomic mass is 16.4. The van der Waals surface area contributed by atoms with Gasteiger partial charge in [-0.1, -0.05) is 26.0 Å². The molecule has 27 heavy (non-hydrogen) atoms. The van der Waals surface area contributed by atoms with E-state index in [1.54, 1.807) is 16.9 Å². The number of carbonyl (C=O) groups excluding carboxylic acids is 1. The highest BCUT2D eigenvalue weighted by molar-refractivity contribution is 5.92. The molecule has 0 bridgehead atoms. The van der Waals surface area contributed by atoms with Crippen molar-refractivity contribution < 1.29 is 14.7 Å². The van der Waals surface area contributed by atoms with Gasteiger partial charge in [-0.15, -0.1) is 0 Å².